The summed E-state index contributed by atoms with van der Waals surface area (Å²) in [5, 5.41) is 21.7. The summed E-state index contributed by atoms with van der Waals surface area (Å²) in [6.45, 7) is 8.28. The highest BCUT2D eigenvalue weighted by molar-refractivity contribution is 7.09. The molecule has 3 atom stereocenters. The van der Waals surface area contributed by atoms with Crippen molar-refractivity contribution in [2.24, 2.45) is 5.92 Å². The number of rotatable bonds is 17. The topological polar surface area (TPSA) is 162 Å². The molecule has 3 aromatic heterocycles. The first-order valence-electron chi connectivity index (χ1n) is 16.0. The lowest BCUT2D eigenvalue weighted by Gasteiger charge is -2.32. The zero-order valence-corrected chi connectivity index (χ0v) is 30.0. The molecule has 0 radical (unpaired) electrons. The molecule has 0 aliphatic rings. The average molecular weight is 712 g/mol. The van der Waals surface area contributed by atoms with Gasteiger partial charge in [-0.15, -0.1) is 22.7 Å². The van der Waals surface area contributed by atoms with Gasteiger partial charge < -0.3 is 29.8 Å². The van der Waals surface area contributed by atoms with Crippen molar-refractivity contribution in [1.82, 2.24) is 35.9 Å². The number of aromatic nitrogens is 2. The molecule has 264 valence electrons. The van der Waals surface area contributed by atoms with Crippen molar-refractivity contribution in [3.63, 3.8) is 0 Å². The van der Waals surface area contributed by atoms with Crippen LogP contribution >= 0.6 is 22.7 Å². The number of hydrazine groups is 1. The Morgan fingerprint density at radius 1 is 1.02 bits per heavy atom. The minimum absolute atomic E-state index is 0.0492. The van der Waals surface area contributed by atoms with Gasteiger partial charge in [-0.05, 0) is 24.0 Å². The quantitative estimate of drug-likeness (QED) is 0.112. The number of nitrogens with one attached hydrogen (secondary N) is 3. The van der Waals surface area contributed by atoms with Crippen LogP contribution in [0.2, 0.25) is 0 Å². The average Bonchev–Trinajstić information content (AvgIpc) is 3.86. The van der Waals surface area contributed by atoms with Gasteiger partial charge >= 0.3 is 12.1 Å². The summed E-state index contributed by atoms with van der Waals surface area (Å²) < 4.78 is 10.6. The van der Waals surface area contributed by atoms with E-state index in [-0.39, 0.29) is 25.6 Å². The minimum atomic E-state index is -1.14. The normalized spacial score (nSPS) is 13.2. The lowest BCUT2D eigenvalue weighted by Crippen LogP contribution is -2.58. The van der Waals surface area contributed by atoms with E-state index in [4.69, 9.17) is 9.15 Å². The number of thiazole rings is 2. The molecule has 0 aliphatic carbocycles. The molecule has 0 spiro atoms. The molecule has 13 nitrogen and oxygen atoms in total. The zero-order valence-electron chi connectivity index (χ0n) is 28.4. The molecule has 4 aromatic rings. The van der Waals surface area contributed by atoms with Crippen LogP contribution < -0.4 is 16.1 Å². The standard InChI is InChI=1S/C34H45N7O6S2/c1-22(2)30(38-33(44)40(5)16-26-20-48-32(36-26)23(3)4)31(43)39-41(15-25-11-12-46-18-25)17-29(42)28(13-24-9-7-6-8-10-24)37-34(45)47-19-27-14-35-21-49-27/h6-12,14,18,20-23,28-30,42H,13,15-17,19H2,1-5H3,(H,37,45)(H,38,44)(H,39,43)/t28-,29-,30-/m0/s1. The number of benzene rings is 1. The van der Waals surface area contributed by atoms with Crippen LogP contribution in [0.5, 0.6) is 0 Å². The Hall–Kier alpha value is -4.31. The van der Waals surface area contributed by atoms with Crippen LogP contribution in [-0.4, -0.2) is 74.8 Å². The fourth-order valence-electron chi connectivity index (χ4n) is 4.88. The fourth-order valence-corrected chi connectivity index (χ4v) is 6.21. The predicted octanol–water partition coefficient (Wildman–Crippen LogP) is 4.91. The zero-order chi connectivity index (χ0) is 35.3. The van der Waals surface area contributed by atoms with E-state index in [1.54, 1.807) is 47.4 Å². The maximum atomic E-state index is 13.7. The molecular weight excluding hydrogens is 667 g/mol. The number of aliphatic hydroxyl groups is 1. The molecule has 15 heteroatoms. The lowest BCUT2D eigenvalue weighted by molar-refractivity contribution is -0.130. The van der Waals surface area contributed by atoms with E-state index in [2.05, 4.69) is 39.9 Å². The molecule has 0 saturated heterocycles. The Morgan fingerprint density at radius 2 is 1.80 bits per heavy atom. The lowest BCUT2D eigenvalue weighted by atomic mass is 10.0. The van der Waals surface area contributed by atoms with Gasteiger partial charge in [-0.25, -0.2) is 19.6 Å². The van der Waals surface area contributed by atoms with Gasteiger partial charge in [0.2, 0.25) is 0 Å². The van der Waals surface area contributed by atoms with Gasteiger partial charge in [0.15, 0.2) is 0 Å². The van der Waals surface area contributed by atoms with Crippen molar-refractivity contribution in [3.05, 3.63) is 92.7 Å². The van der Waals surface area contributed by atoms with Crippen molar-refractivity contribution in [2.45, 2.75) is 77.9 Å². The first-order valence-corrected chi connectivity index (χ1v) is 17.8. The van der Waals surface area contributed by atoms with Gasteiger partial charge in [0.05, 0.1) is 52.3 Å². The van der Waals surface area contributed by atoms with Crippen LogP contribution in [0.4, 0.5) is 9.59 Å². The van der Waals surface area contributed by atoms with Crippen molar-refractivity contribution in [2.75, 3.05) is 13.6 Å². The third-order valence-electron chi connectivity index (χ3n) is 7.56. The number of aliphatic hydroxyl groups excluding tert-OH is 1. The smallest absolute Gasteiger partial charge is 0.407 e. The van der Waals surface area contributed by atoms with Gasteiger partial charge in [-0.3, -0.25) is 15.2 Å². The molecule has 0 unspecified atom stereocenters. The van der Waals surface area contributed by atoms with Gasteiger partial charge in [-0.1, -0.05) is 58.0 Å². The van der Waals surface area contributed by atoms with Crippen molar-refractivity contribution >= 4 is 40.7 Å². The number of amides is 4. The number of alkyl carbamates (subject to hydrolysis) is 1. The SMILES string of the molecule is CC(C)c1nc(CN(C)C(=O)N[C@H](C(=O)NN(Cc2ccoc2)C[C@H](O)[C@H](Cc2ccccc2)NC(=O)OCc2cncs2)C(C)C)cs1. The molecule has 4 N–H and O–H groups in total. The fraction of sp³-hybridized carbons (Fsp3) is 0.441. The van der Waals surface area contributed by atoms with Crippen molar-refractivity contribution in [1.29, 1.82) is 0 Å². The van der Waals surface area contributed by atoms with Crippen LogP contribution in [0.15, 0.2) is 70.4 Å². The maximum Gasteiger partial charge on any atom is 0.407 e. The van der Waals surface area contributed by atoms with E-state index in [1.165, 1.54) is 22.5 Å². The Morgan fingerprint density at radius 3 is 2.43 bits per heavy atom. The number of urea groups is 1. The first-order chi connectivity index (χ1) is 23.5. The molecule has 0 fully saturated rings. The van der Waals surface area contributed by atoms with Gasteiger partial charge in [0.25, 0.3) is 5.91 Å². The molecular formula is C34H45N7O6S2. The molecule has 49 heavy (non-hydrogen) atoms. The summed E-state index contributed by atoms with van der Waals surface area (Å²) >= 11 is 2.92. The summed E-state index contributed by atoms with van der Waals surface area (Å²) in [6, 6.07) is 9.13. The number of furan rings is 1. The van der Waals surface area contributed by atoms with Gasteiger partial charge in [0, 0.05) is 43.2 Å². The second-order valence-electron chi connectivity index (χ2n) is 12.4. The van der Waals surface area contributed by atoms with Gasteiger partial charge in [-0.2, -0.15) is 0 Å². The van der Waals surface area contributed by atoms with Crippen molar-refractivity contribution < 1.29 is 28.6 Å². The molecule has 1 aromatic carbocycles. The molecule has 4 rings (SSSR count). The van der Waals surface area contributed by atoms with Crippen molar-refractivity contribution in [3.8, 4) is 0 Å². The van der Waals surface area contributed by atoms with Crippen LogP contribution in [0.25, 0.3) is 0 Å². The van der Waals surface area contributed by atoms with E-state index in [9.17, 15) is 19.5 Å². The van der Waals surface area contributed by atoms with E-state index in [0.29, 0.717) is 18.9 Å². The summed E-state index contributed by atoms with van der Waals surface area (Å²) in [6.07, 6.45) is 3.16. The maximum absolute atomic E-state index is 13.7. The highest BCUT2D eigenvalue weighted by Gasteiger charge is 2.30. The summed E-state index contributed by atoms with van der Waals surface area (Å²) in [5.74, 6) is -0.423. The summed E-state index contributed by atoms with van der Waals surface area (Å²) in [4.78, 5) is 50.7. The number of hydrogen-bond acceptors (Lipinski definition) is 11. The van der Waals surface area contributed by atoms with Gasteiger partial charge in [0.1, 0.15) is 12.6 Å². The highest BCUT2D eigenvalue weighted by Crippen LogP contribution is 2.20. The third kappa shape index (κ3) is 12.0. The molecule has 0 saturated carbocycles. The second-order valence-corrected chi connectivity index (χ2v) is 14.3. The Kier molecular flexibility index (Phi) is 14.1. The molecule has 3 heterocycles. The summed E-state index contributed by atoms with van der Waals surface area (Å²) in [7, 11) is 1.66. The number of carbonyl (C=O) groups is 3. The van der Waals surface area contributed by atoms with E-state index in [0.717, 1.165) is 26.7 Å². The number of ether oxygens (including phenoxy) is 1. The number of hydrogen-bond donors (Lipinski definition) is 4. The second kappa shape index (κ2) is 18.5. The van der Waals surface area contributed by atoms with Crippen LogP contribution in [0, 0.1) is 5.92 Å². The van der Waals surface area contributed by atoms with Crippen LogP contribution in [-0.2, 0) is 35.6 Å². The molecule has 0 aliphatic heterocycles. The first kappa shape index (κ1) is 37.5. The van der Waals surface area contributed by atoms with Crippen LogP contribution in [0.1, 0.15) is 60.3 Å². The molecule has 4 amide bonds. The van der Waals surface area contributed by atoms with E-state index >= 15 is 0 Å². The van der Waals surface area contributed by atoms with E-state index in [1.807, 2.05) is 49.6 Å². The Labute approximate surface area is 294 Å². The number of nitrogens with zero attached hydrogens (tertiary/aromatic N) is 4. The highest BCUT2D eigenvalue weighted by atomic mass is 32.1. The Balaban J connectivity index is 1.44. The van der Waals surface area contributed by atoms with Crippen LogP contribution in [0.3, 0.4) is 0 Å². The molecule has 0 bridgehead atoms. The number of carbonyl (C=O) groups excluding carboxylic acids is 3. The summed E-state index contributed by atoms with van der Waals surface area (Å²) in [5.41, 5.74) is 6.97. The largest absolute Gasteiger partial charge is 0.472 e. The van der Waals surface area contributed by atoms with E-state index < -0.39 is 36.2 Å². The minimum Gasteiger partial charge on any atom is -0.472 e. The third-order valence-corrected chi connectivity index (χ3v) is 9.51. The predicted molar refractivity (Wildman–Crippen MR) is 187 cm³/mol. The Bertz CT molecular complexity index is 1580. The monoisotopic (exact) mass is 711 g/mol.